The molecule has 0 bridgehead atoms. The van der Waals surface area contributed by atoms with Gasteiger partial charge in [0.15, 0.2) is 5.89 Å². The van der Waals surface area contributed by atoms with E-state index in [9.17, 15) is 4.79 Å². The summed E-state index contributed by atoms with van der Waals surface area (Å²) < 4.78 is 5.44. The predicted molar refractivity (Wildman–Crippen MR) is 80.8 cm³/mol. The van der Waals surface area contributed by atoms with Crippen LogP contribution in [0.25, 0.3) is 0 Å². The predicted octanol–water partition coefficient (Wildman–Crippen LogP) is 2.28. The molecule has 5 heteroatoms. The molecule has 0 unspecified atom stereocenters. The summed E-state index contributed by atoms with van der Waals surface area (Å²) in [4.78, 5) is 18.6. The van der Waals surface area contributed by atoms with Crippen molar-refractivity contribution in [3.05, 3.63) is 53.2 Å². The van der Waals surface area contributed by atoms with E-state index in [-0.39, 0.29) is 5.91 Å². The fourth-order valence-electron chi connectivity index (χ4n) is 2.21. The molecule has 5 nitrogen and oxygen atoms in total. The highest BCUT2D eigenvalue weighted by Gasteiger charge is 2.22. The van der Waals surface area contributed by atoms with Crippen molar-refractivity contribution >= 4 is 5.91 Å². The standard InChI is InChI=1S/C16H21N3O2/c1-12-15(21-13(2)18-12)16(20)19(10-6-9-17)11-14-7-4-3-5-8-14/h3-5,7-8H,6,9-11,17H2,1-2H3. The molecule has 2 rings (SSSR count). The summed E-state index contributed by atoms with van der Waals surface area (Å²) in [6.07, 6.45) is 0.755. The highest BCUT2D eigenvalue weighted by Crippen LogP contribution is 2.15. The van der Waals surface area contributed by atoms with Gasteiger partial charge in [0, 0.05) is 20.0 Å². The lowest BCUT2D eigenvalue weighted by atomic mass is 10.2. The molecule has 112 valence electrons. The maximum absolute atomic E-state index is 12.6. The van der Waals surface area contributed by atoms with Gasteiger partial charge in [-0.2, -0.15) is 0 Å². The van der Waals surface area contributed by atoms with Gasteiger partial charge in [0.1, 0.15) is 0 Å². The lowest BCUT2D eigenvalue weighted by Gasteiger charge is -2.21. The van der Waals surface area contributed by atoms with Crippen molar-refractivity contribution in [3.8, 4) is 0 Å². The molecule has 2 aromatic rings. The topological polar surface area (TPSA) is 72.4 Å². The molecule has 0 aliphatic heterocycles. The number of amides is 1. The number of carbonyl (C=O) groups excluding carboxylic acids is 1. The number of oxazole rings is 1. The molecule has 1 heterocycles. The Morgan fingerprint density at radius 1 is 1.29 bits per heavy atom. The van der Waals surface area contributed by atoms with Crippen LogP contribution in [0.5, 0.6) is 0 Å². The van der Waals surface area contributed by atoms with Crippen LogP contribution in [0.1, 0.15) is 34.1 Å². The maximum Gasteiger partial charge on any atom is 0.291 e. The summed E-state index contributed by atoms with van der Waals surface area (Å²) in [5.41, 5.74) is 7.28. The number of nitrogens with two attached hydrogens (primary N) is 1. The van der Waals surface area contributed by atoms with E-state index in [1.54, 1.807) is 18.7 Å². The van der Waals surface area contributed by atoms with Gasteiger partial charge >= 0.3 is 0 Å². The van der Waals surface area contributed by atoms with Crippen LogP contribution in [-0.2, 0) is 6.54 Å². The number of hydrogen-bond acceptors (Lipinski definition) is 4. The number of nitrogens with zero attached hydrogens (tertiary/aromatic N) is 2. The van der Waals surface area contributed by atoms with E-state index in [0.29, 0.717) is 37.0 Å². The van der Waals surface area contributed by atoms with E-state index in [1.807, 2.05) is 30.3 Å². The van der Waals surface area contributed by atoms with Crippen molar-refractivity contribution in [2.45, 2.75) is 26.8 Å². The second-order valence-electron chi connectivity index (χ2n) is 5.00. The Morgan fingerprint density at radius 3 is 2.57 bits per heavy atom. The number of rotatable bonds is 6. The average Bonchev–Trinajstić information content (AvgIpc) is 2.82. The third-order valence-corrected chi connectivity index (χ3v) is 3.23. The van der Waals surface area contributed by atoms with Crippen molar-refractivity contribution in [2.75, 3.05) is 13.1 Å². The third-order valence-electron chi connectivity index (χ3n) is 3.23. The van der Waals surface area contributed by atoms with Gasteiger partial charge < -0.3 is 15.1 Å². The quantitative estimate of drug-likeness (QED) is 0.884. The minimum Gasteiger partial charge on any atom is -0.436 e. The SMILES string of the molecule is Cc1nc(C)c(C(=O)N(CCCN)Cc2ccccc2)o1. The van der Waals surface area contributed by atoms with Gasteiger partial charge in [-0.1, -0.05) is 30.3 Å². The number of benzene rings is 1. The molecule has 0 saturated carbocycles. The Labute approximate surface area is 124 Å². The normalized spacial score (nSPS) is 10.6. The van der Waals surface area contributed by atoms with Crippen LogP contribution in [0.3, 0.4) is 0 Å². The number of aromatic nitrogens is 1. The van der Waals surface area contributed by atoms with Gasteiger partial charge in [-0.25, -0.2) is 4.98 Å². The Morgan fingerprint density at radius 2 is 2.00 bits per heavy atom. The minimum absolute atomic E-state index is 0.134. The summed E-state index contributed by atoms with van der Waals surface area (Å²) >= 11 is 0. The van der Waals surface area contributed by atoms with Gasteiger partial charge in [-0.15, -0.1) is 0 Å². The van der Waals surface area contributed by atoms with E-state index >= 15 is 0 Å². The van der Waals surface area contributed by atoms with Crippen LogP contribution in [0, 0.1) is 13.8 Å². The van der Waals surface area contributed by atoms with E-state index in [1.165, 1.54) is 0 Å². The molecule has 0 spiro atoms. The molecule has 21 heavy (non-hydrogen) atoms. The Kier molecular flexibility index (Phi) is 5.11. The molecule has 1 aromatic heterocycles. The summed E-state index contributed by atoms with van der Waals surface area (Å²) in [6.45, 7) is 5.22. The van der Waals surface area contributed by atoms with Crippen LogP contribution in [0.15, 0.2) is 34.7 Å². The summed E-state index contributed by atoms with van der Waals surface area (Å²) in [5, 5.41) is 0. The zero-order valence-electron chi connectivity index (χ0n) is 12.5. The zero-order valence-corrected chi connectivity index (χ0v) is 12.5. The zero-order chi connectivity index (χ0) is 15.2. The van der Waals surface area contributed by atoms with Crippen LogP contribution in [0.4, 0.5) is 0 Å². The van der Waals surface area contributed by atoms with E-state index < -0.39 is 0 Å². The molecule has 2 N–H and O–H groups in total. The van der Waals surface area contributed by atoms with E-state index in [0.717, 1.165) is 12.0 Å². The Hall–Kier alpha value is -2.14. The van der Waals surface area contributed by atoms with Crippen molar-refractivity contribution in [1.29, 1.82) is 0 Å². The summed E-state index contributed by atoms with van der Waals surface area (Å²) in [5.74, 6) is 0.695. The first-order valence-electron chi connectivity index (χ1n) is 7.09. The molecule has 0 atom stereocenters. The first-order chi connectivity index (χ1) is 10.1. The molecular weight excluding hydrogens is 266 g/mol. The molecule has 0 radical (unpaired) electrons. The summed E-state index contributed by atoms with van der Waals surface area (Å²) in [7, 11) is 0. The number of hydrogen-bond donors (Lipinski definition) is 1. The second-order valence-corrected chi connectivity index (χ2v) is 5.00. The first kappa shape index (κ1) is 15.3. The fourth-order valence-corrected chi connectivity index (χ4v) is 2.21. The highest BCUT2D eigenvalue weighted by atomic mass is 16.4. The molecule has 0 saturated heterocycles. The van der Waals surface area contributed by atoms with Crippen LogP contribution >= 0.6 is 0 Å². The Balaban J connectivity index is 2.19. The number of aryl methyl sites for hydroxylation is 2. The summed E-state index contributed by atoms with van der Waals surface area (Å²) in [6, 6.07) is 9.89. The average molecular weight is 287 g/mol. The van der Waals surface area contributed by atoms with Crippen molar-refractivity contribution in [1.82, 2.24) is 9.88 Å². The molecule has 0 fully saturated rings. The van der Waals surface area contributed by atoms with Crippen molar-refractivity contribution in [3.63, 3.8) is 0 Å². The monoisotopic (exact) mass is 287 g/mol. The largest absolute Gasteiger partial charge is 0.436 e. The molecular formula is C16H21N3O2. The van der Waals surface area contributed by atoms with Gasteiger partial charge in [-0.3, -0.25) is 4.79 Å². The van der Waals surface area contributed by atoms with Crippen molar-refractivity contribution < 1.29 is 9.21 Å². The Bertz CT molecular complexity index is 593. The first-order valence-corrected chi connectivity index (χ1v) is 7.09. The van der Waals surface area contributed by atoms with Crippen LogP contribution in [0.2, 0.25) is 0 Å². The molecule has 0 aliphatic rings. The van der Waals surface area contributed by atoms with Gasteiger partial charge in [-0.05, 0) is 25.5 Å². The van der Waals surface area contributed by atoms with Crippen LogP contribution in [-0.4, -0.2) is 28.9 Å². The van der Waals surface area contributed by atoms with Crippen molar-refractivity contribution in [2.24, 2.45) is 5.73 Å². The van der Waals surface area contributed by atoms with Gasteiger partial charge in [0.25, 0.3) is 5.91 Å². The molecule has 0 aliphatic carbocycles. The minimum atomic E-state index is -0.134. The van der Waals surface area contributed by atoms with E-state index in [2.05, 4.69) is 4.98 Å². The smallest absolute Gasteiger partial charge is 0.291 e. The fraction of sp³-hybridized carbons (Fsp3) is 0.375. The lowest BCUT2D eigenvalue weighted by Crippen LogP contribution is -2.32. The van der Waals surface area contributed by atoms with Gasteiger partial charge in [0.2, 0.25) is 5.76 Å². The second kappa shape index (κ2) is 7.04. The molecule has 1 amide bonds. The molecule has 1 aromatic carbocycles. The lowest BCUT2D eigenvalue weighted by molar-refractivity contribution is 0.0707. The number of carbonyl (C=O) groups is 1. The van der Waals surface area contributed by atoms with Gasteiger partial charge in [0.05, 0.1) is 5.69 Å². The third kappa shape index (κ3) is 3.92. The maximum atomic E-state index is 12.6. The van der Waals surface area contributed by atoms with E-state index in [4.69, 9.17) is 10.2 Å². The highest BCUT2D eigenvalue weighted by molar-refractivity contribution is 5.92. The van der Waals surface area contributed by atoms with Crippen LogP contribution < -0.4 is 5.73 Å².